The van der Waals surface area contributed by atoms with E-state index >= 15 is 0 Å². The van der Waals surface area contributed by atoms with Crippen molar-refractivity contribution in [1.29, 1.82) is 0 Å². The number of carbonyl (C=O) groups is 1. The number of ketones is 1. The van der Waals surface area contributed by atoms with Gasteiger partial charge in [-0.25, -0.2) is 8.78 Å². The predicted octanol–water partition coefficient (Wildman–Crippen LogP) is 4.49. The zero-order chi connectivity index (χ0) is 12.1. The lowest BCUT2D eigenvalue weighted by Crippen LogP contribution is -2.02. The number of hydrogen-bond acceptors (Lipinski definition) is 1. The molecule has 0 N–H and O–H groups in total. The molecular weight excluding hydrogens is 346 g/mol. The van der Waals surface area contributed by atoms with E-state index in [1.54, 1.807) is 12.1 Å². The number of benzene rings is 1. The van der Waals surface area contributed by atoms with Gasteiger partial charge in [0.05, 0.1) is 0 Å². The summed E-state index contributed by atoms with van der Waals surface area (Å²) in [5.41, 5.74) is 0.794. The van der Waals surface area contributed by atoms with E-state index in [2.05, 4.69) is 31.9 Å². The van der Waals surface area contributed by atoms with Crippen LogP contribution in [-0.4, -0.2) is 11.1 Å². The van der Waals surface area contributed by atoms with E-state index in [0.717, 1.165) is 0 Å². The van der Waals surface area contributed by atoms with E-state index in [9.17, 15) is 13.6 Å². The van der Waals surface area contributed by atoms with Gasteiger partial charge in [-0.3, -0.25) is 4.79 Å². The highest BCUT2D eigenvalue weighted by atomic mass is 79.9. The average Bonchev–Trinajstić information content (AvgIpc) is 2.28. The van der Waals surface area contributed by atoms with Gasteiger partial charge in [-0.2, -0.15) is 0 Å². The molecule has 1 aromatic rings. The number of Topliss-reactive ketones (excluding diaryl/α,β-unsaturated/α-hetero) is 1. The molecule has 0 aliphatic heterocycles. The van der Waals surface area contributed by atoms with Crippen LogP contribution in [0.15, 0.2) is 18.2 Å². The third-order valence-corrected chi connectivity index (χ3v) is 3.17. The summed E-state index contributed by atoms with van der Waals surface area (Å²) < 4.78 is 25.4. The first-order valence-electron chi connectivity index (χ1n) is 4.66. The van der Waals surface area contributed by atoms with Gasteiger partial charge < -0.3 is 0 Å². The molecule has 0 heterocycles. The topological polar surface area (TPSA) is 17.1 Å². The molecule has 5 heteroatoms. The second-order valence-electron chi connectivity index (χ2n) is 3.21. The lowest BCUT2D eigenvalue weighted by atomic mass is 10.0. The van der Waals surface area contributed by atoms with Crippen LogP contribution in [0.25, 0.3) is 0 Å². The minimum atomic E-state index is -2.55. The Balaban J connectivity index is 3.06. The molecule has 88 valence electrons. The fourth-order valence-corrected chi connectivity index (χ4v) is 2.19. The summed E-state index contributed by atoms with van der Waals surface area (Å²) in [5, 5.41) is 0.898. The maximum absolute atomic E-state index is 12.7. The van der Waals surface area contributed by atoms with Crippen LogP contribution in [-0.2, 0) is 5.33 Å². The molecule has 1 rings (SSSR count). The van der Waals surface area contributed by atoms with Crippen molar-refractivity contribution in [2.45, 2.75) is 18.2 Å². The quantitative estimate of drug-likeness (QED) is 0.562. The number of halogens is 4. The Hall–Kier alpha value is -0.290. The zero-order valence-electron chi connectivity index (χ0n) is 8.35. The van der Waals surface area contributed by atoms with Gasteiger partial charge in [-0.05, 0) is 11.6 Å². The highest BCUT2D eigenvalue weighted by molar-refractivity contribution is 9.09. The number of rotatable bonds is 5. The Labute approximate surface area is 109 Å². The molecule has 0 saturated carbocycles. The molecule has 1 aromatic carbocycles. The molecule has 0 unspecified atom stereocenters. The monoisotopic (exact) mass is 354 g/mol. The van der Waals surface area contributed by atoms with E-state index in [1.165, 1.54) is 6.07 Å². The van der Waals surface area contributed by atoms with Gasteiger partial charge in [-0.1, -0.05) is 44.0 Å². The van der Waals surface area contributed by atoms with Crippen molar-refractivity contribution in [1.82, 2.24) is 0 Å². The third-order valence-electron chi connectivity index (χ3n) is 2.17. The fraction of sp³-hybridized carbons (Fsp3) is 0.364. The normalized spacial score (nSPS) is 10.8. The minimum Gasteiger partial charge on any atom is -0.294 e. The van der Waals surface area contributed by atoms with Crippen molar-refractivity contribution in [3.05, 3.63) is 34.9 Å². The third kappa shape index (κ3) is 3.35. The summed E-state index contributed by atoms with van der Waals surface area (Å²) in [6, 6.07) is 4.44. The molecule has 0 saturated heterocycles. The maximum Gasteiger partial charge on any atom is 0.264 e. The standard InChI is InChI=1S/C11H10Br2F2O/c12-4-3-10(16)7-1-2-8(6-13)9(5-7)11(14)15/h1-2,5,11H,3-4,6H2. The van der Waals surface area contributed by atoms with E-state index in [4.69, 9.17) is 0 Å². The van der Waals surface area contributed by atoms with Crippen molar-refractivity contribution in [2.24, 2.45) is 0 Å². The largest absolute Gasteiger partial charge is 0.294 e. The van der Waals surface area contributed by atoms with E-state index in [1.807, 2.05) is 0 Å². The minimum absolute atomic E-state index is 0.0719. The summed E-state index contributed by atoms with van der Waals surface area (Å²) in [6.45, 7) is 0. The van der Waals surface area contributed by atoms with Crippen LogP contribution in [0.4, 0.5) is 8.78 Å². The maximum atomic E-state index is 12.7. The molecule has 0 radical (unpaired) electrons. The van der Waals surface area contributed by atoms with Crippen molar-refractivity contribution in [3.63, 3.8) is 0 Å². The van der Waals surface area contributed by atoms with Crippen molar-refractivity contribution >= 4 is 37.6 Å². The van der Waals surface area contributed by atoms with Crippen LogP contribution in [0.1, 0.15) is 34.3 Å². The molecule has 1 nitrogen and oxygen atoms in total. The molecule has 0 aliphatic carbocycles. The van der Waals surface area contributed by atoms with Crippen LogP contribution < -0.4 is 0 Å². The molecule has 0 aliphatic rings. The van der Waals surface area contributed by atoms with Gasteiger partial charge in [0.15, 0.2) is 5.78 Å². The fourth-order valence-electron chi connectivity index (χ4n) is 1.32. The van der Waals surface area contributed by atoms with E-state index < -0.39 is 6.43 Å². The Bertz CT molecular complexity index is 380. The Morgan fingerprint density at radius 1 is 1.31 bits per heavy atom. The second kappa shape index (κ2) is 6.45. The summed E-state index contributed by atoms with van der Waals surface area (Å²) in [5.74, 6) is -0.125. The first-order chi connectivity index (χ1) is 7.60. The van der Waals surface area contributed by atoms with Crippen molar-refractivity contribution < 1.29 is 13.6 Å². The smallest absolute Gasteiger partial charge is 0.264 e. The molecular formula is C11H10Br2F2O. The molecule has 0 amide bonds. The summed E-state index contributed by atoms with van der Waals surface area (Å²) in [4.78, 5) is 11.5. The first-order valence-corrected chi connectivity index (χ1v) is 6.90. The van der Waals surface area contributed by atoms with Crippen LogP contribution in [0, 0.1) is 0 Å². The van der Waals surface area contributed by atoms with E-state index in [0.29, 0.717) is 28.2 Å². The Morgan fingerprint density at radius 3 is 2.50 bits per heavy atom. The Morgan fingerprint density at radius 2 is 2.00 bits per heavy atom. The summed E-state index contributed by atoms with van der Waals surface area (Å²) >= 11 is 6.29. The molecule has 0 aromatic heterocycles. The van der Waals surface area contributed by atoms with Gasteiger partial charge in [0.25, 0.3) is 6.43 Å². The number of alkyl halides is 4. The zero-order valence-corrected chi connectivity index (χ0v) is 11.5. The van der Waals surface area contributed by atoms with Gasteiger partial charge in [0, 0.05) is 28.2 Å². The van der Waals surface area contributed by atoms with Gasteiger partial charge >= 0.3 is 0 Å². The SMILES string of the molecule is O=C(CCBr)c1ccc(CBr)c(C(F)F)c1. The Kier molecular flexibility index (Phi) is 5.55. The predicted molar refractivity (Wildman–Crippen MR) is 66.8 cm³/mol. The lowest BCUT2D eigenvalue weighted by Gasteiger charge is -2.08. The average molecular weight is 356 g/mol. The van der Waals surface area contributed by atoms with Crippen LogP contribution in [0.5, 0.6) is 0 Å². The molecule has 0 spiro atoms. The lowest BCUT2D eigenvalue weighted by molar-refractivity contribution is 0.0989. The molecule has 0 fully saturated rings. The second-order valence-corrected chi connectivity index (χ2v) is 4.56. The number of carbonyl (C=O) groups excluding carboxylic acids is 1. The summed E-state index contributed by atoms with van der Waals surface area (Å²) in [6.07, 6.45) is -2.24. The molecule has 0 atom stereocenters. The number of hydrogen-bond donors (Lipinski definition) is 0. The van der Waals surface area contributed by atoms with Crippen LogP contribution in [0.2, 0.25) is 0 Å². The van der Waals surface area contributed by atoms with Crippen molar-refractivity contribution in [3.8, 4) is 0 Å². The highest BCUT2D eigenvalue weighted by Crippen LogP contribution is 2.26. The van der Waals surface area contributed by atoms with Crippen LogP contribution >= 0.6 is 31.9 Å². The van der Waals surface area contributed by atoms with E-state index in [-0.39, 0.29) is 11.3 Å². The highest BCUT2D eigenvalue weighted by Gasteiger charge is 2.15. The molecule has 16 heavy (non-hydrogen) atoms. The first kappa shape index (κ1) is 13.8. The van der Waals surface area contributed by atoms with Gasteiger partial charge in [-0.15, -0.1) is 0 Å². The molecule has 0 bridgehead atoms. The van der Waals surface area contributed by atoms with Crippen molar-refractivity contribution in [2.75, 3.05) is 5.33 Å². The van der Waals surface area contributed by atoms with Gasteiger partial charge in [0.2, 0.25) is 0 Å². The summed E-state index contributed by atoms with van der Waals surface area (Å²) in [7, 11) is 0. The van der Waals surface area contributed by atoms with Crippen LogP contribution in [0.3, 0.4) is 0 Å². The van der Waals surface area contributed by atoms with Gasteiger partial charge in [0.1, 0.15) is 0 Å².